The van der Waals surface area contributed by atoms with Crippen LogP contribution in [0.2, 0.25) is 0 Å². The fourth-order valence-corrected chi connectivity index (χ4v) is 2.40. The molecule has 0 spiro atoms. The zero-order valence-corrected chi connectivity index (χ0v) is 14.3. The maximum atomic E-state index is 4.27. The number of aromatic nitrogens is 2. The molecule has 0 saturated carbocycles. The Balaban J connectivity index is 1.90. The van der Waals surface area contributed by atoms with Crippen molar-refractivity contribution >= 4 is 5.96 Å². The van der Waals surface area contributed by atoms with Gasteiger partial charge in [0.25, 0.3) is 0 Å². The number of hydrogen-bond donors (Lipinski definition) is 2. The van der Waals surface area contributed by atoms with E-state index in [-0.39, 0.29) is 0 Å². The quantitative estimate of drug-likeness (QED) is 0.469. The smallest absolute Gasteiger partial charge is 0.191 e. The van der Waals surface area contributed by atoms with Crippen LogP contribution in [-0.2, 0) is 13.1 Å². The molecule has 0 amide bonds. The first-order chi connectivity index (χ1) is 11.2. The lowest BCUT2D eigenvalue weighted by Gasteiger charge is -2.12. The van der Waals surface area contributed by atoms with Gasteiger partial charge in [0.15, 0.2) is 5.96 Å². The summed E-state index contributed by atoms with van der Waals surface area (Å²) in [5.41, 5.74) is 2.53. The Kier molecular flexibility index (Phi) is 6.66. The van der Waals surface area contributed by atoms with Gasteiger partial charge in [0.2, 0.25) is 0 Å². The summed E-state index contributed by atoms with van der Waals surface area (Å²) in [4.78, 5) is 8.52. The molecule has 124 valence electrons. The number of rotatable bonds is 7. The largest absolute Gasteiger partial charge is 0.356 e. The summed E-state index contributed by atoms with van der Waals surface area (Å²) in [7, 11) is 1.81. The van der Waals surface area contributed by atoms with Crippen LogP contribution in [-0.4, -0.2) is 29.1 Å². The van der Waals surface area contributed by atoms with Crippen LogP contribution in [0.15, 0.2) is 41.7 Å². The van der Waals surface area contributed by atoms with Gasteiger partial charge in [0.05, 0.1) is 0 Å². The number of aryl methyl sites for hydroxylation is 1. The Bertz CT molecular complexity index is 630. The molecule has 0 fully saturated rings. The van der Waals surface area contributed by atoms with Gasteiger partial charge in [0.1, 0.15) is 5.82 Å². The molecule has 0 bridgehead atoms. The van der Waals surface area contributed by atoms with E-state index in [9.17, 15) is 0 Å². The maximum Gasteiger partial charge on any atom is 0.191 e. The molecule has 2 rings (SSSR count). The zero-order valence-electron chi connectivity index (χ0n) is 14.3. The summed E-state index contributed by atoms with van der Waals surface area (Å²) >= 11 is 0. The fraction of sp³-hybridized carbons (Fsp3) is 0.444. The van der Waals surface area contributed by atoms with E-state index in [0.29, 0.717) is 0 Å². The van der Waals surface area contributed by atoms with Gasteiger partial charge in [0, 0.05) is 39.1 Å². The van der Waals surface area contributed by atoms with Crippen LogP contribution >= 0.6 is 0 Å². The van der Waals surface area contributed by atoms with Crippen LogP contribution in [0.4, 0.5) is 0 Å². The van der Waals surface area contributed by atoms with Crippen molar-refractivity contribution in [3.8, 4) is 0 Å². The lowest BCUT2D eigenvalue weighted by Crippen LogP contribution is -2.37. The fourth-order valence-electron chi connectivity index (χ4n) is 2.40. The molecule has 5 nitrogen and oxygen atoms in total. The molecule has 2 N–H and O–H groups in total. The van der Waals surface area contributed by atoms with Crippen LogP contribution < -0.4 is 10.6 Å². The number of unbranched alkanes of at least 4 members (excludes halogenated alkanes) is 1. The summed E-state index contributed by atoms with van der Waals surface area (Å²) in [6.45, 7) is 6.78. The van der Waals surface area contributed by atoms with E-state index in [1.54, 1.807) is 7.05 Å². The number of guanidine groups is 1. The van der Waals surface area contributed by atoms with Crippen molar-refractivity contribution in [1.29, 1.82) is 0 Å². The van der Waals surface area contributed by atoms with E-state index in [0.717, 1.165) is 37.8 Å². The van der Waals surface area contributed by atoms with Crippen LogP contribution in [0.1, 0.15) is 36.7 Å². The molecule has 0 aliphatic carbocycles. The molecular formula is C18H27N5. The van der Waals surface area contributed by atoms with Crippen molar-refractivity contribution in [2.24, 2.45) is 4.99 Å². The molecule has 0 saturated heterocycles. The number of nitrogens with zero attached hydrogens (tertiary/aromatic N) is 3. The molecule has 0 aliphatic rings. The average molecular weight is 313 g/mol. The summed E-state index contributed by atoms with van der Waals surface area (Å²) in [6, 6.07) is 8.62. The monoisotopic (exact) mass is 313 g/mol. The predicted octanol–water partition coefficient (Wildman–Crippen LogP) is 2.70. The summed E-state index contributed by atoms with van der Waals surface area (Å²) < 4.78 is 2.15. The van der Waals surface area contributed by atoms with E-state index in [1.165, 1.54) is 17.5 Å². The summed E-state index contributed by atoms with van der Waals surface area (Å²) in [6.07, 6.45) is 6.19. The van der Waals surface area contributed by atoms with Gasteiger partial charge in [-0.05, 0) is 24.5 Å². The summed E-state index contributed by atoms with van der Waals surface area (Å²) in [5, 5.41) is 6.69. The zero-order chi connectivity index (χ0) is 16.5. The van der Waals surface area contributed by atoms with Crippen molar-refractivity contribution in [1.82, 2.24) is 20.2 Å². The standard InChI is InChI=1S/C18H27N5/c1-4-5-9-21-18(19-3)22-13-16-7-6-8-17(12-16)14-23-11-10-20-15(23)2/h6-8,10-12H,4-5,9,13-14H2,1-3H3,(H2,19,21,22). The van der Waals surface area contributed by atoms with Gasteiger partial charge in [-0.2, -0.15) is 0 Å². The second kappa shape index (κ2) is 8.98. The molecule has 0 aliphatic heterocycles. The SMILES string of the molecule is CCCCNC(=NC)NCc1cccc(Cn2ccnc2C)c1. The Labute approximate surface area is 138 Å². The Morgan fingerprint density at radius 1 is 1.26 bits per heavy atom. The first-order valence-corrected chi connectivity index (χ1v) is 8.23. The van der Waals surface area contributed by atoms with Crippen LogP contribution in [0.3, 0.4) is 0 Å². The first kappa shape index (κ1) is 17.1. The van der Waals surface area contributed by atoms with E-state index in [2.05, 4.69) is 56.4 Å². The van der Waals surface area contributed by atoms with Gasteiger partial charge in [-0.1, -0.05) is 37.6 Å². The van der Waals surface area contributed by atoms with E-state index in [4.69, 9.17) is 0 Å². The number of aliphatic imine (C=N–C) groups is 1. The molecule has 0 unspecified atom stereocenters. The molecule has 1 heterocycles. The highest BCUT2D eigenvalue weighted by molar-refractivity contribution is 5.79. The molecule has 0 atom stereocenters. The van der Waals surface area contributed by atoms with Crippen molar-refractivity contribution in [3.05, 3.63) is 53.6 Å². The van der Waals surface area contributed by atoms with E-state index in [1.807, 2.05) is 19.3 Å². The third kappa shape index (κ3) is 5.43. The highest BCUT2D eigenvalue weighted by atomic mass is 15.2. The molecule has 23 heavy (non-hydrogen) atoms. The predicted molar refractivity (Wildman–Crippen MR) is 95.6 cm³/mol. The van der Waals surface area contributed by atoms with Crippen LogP contribution in [0.5, 0.6) is 0 Å². The second-order valence-electron chi connectivity index (χ2n) is 5.63. The number of nitrogens with one attached hydrogen (secondary N) is 2. The Morgan fingerprint density at radius 3 is 2.78 bits per heavy atom. The molecule has 1 aromatic carbocycles. The number of imidazole rings is 1. The molecule has 5 heteroatoms. The van der Waals surface area contributed by atoms with Crippen molar-refractivity contribution < 1.29 is 0 Å². The molecule has 0 radical (unpaired) electrons. The van der Waals surface area contributed by atoms with Crippen LogP contribution in [0, 0.1) is 6.92 Å². The first-order valence-electron chi connectivity index (χ1n) is 8.23. The lowest BCUT2D eigenvalue weighted by molar-refractivity contribution is 0.727. The van der Waals surface area contributed by atoms with E-state index < -0.39 is 0 Å². The van der Waals surface area contributed by atoms with Crippen LogP contribution in [0.25, 0.3) is 0 Å². The van der Waals surface area contributed by atoms with Gasteiger partial charge >= 0.3 is 0 Å². The topological polar surface area (TPSA) is 54.2 Å². The second-order valence-corrected chi connectivity index (χ2v) is 5.63. The van der Waals surface area contributed by atoms with Crippen molar-refractivity contribution in [2.45, 2.75) is 39.8 Å². The van der Waals surface area contributed by atoms with Crippen molar-refractivity contribution in [2.75, 3.05) is 13.6 Å². The highest BCUT2D eigenvalue weighted by Crippen LogP contribution is 2.08. The average Bonchev–Trinajstić information content (AvgIpc) is 2.96. The van der Waals surface area contributed by atoms with Gasteiger partial charge in [-0.3, -0.25) is 4.99 Å². The van der Waals surface area contributed by atoms with Gasteiger partial charge in [-0.25, -0.2) is 4.98 Å². The minimum atomic E-state index is 0.766. The summed E-state index contributed by atoms with van der Waals surface area (Å²) in [5.74, 6) is 1.89. The molecule has 2 aromatic rings. The third-order valence-corrected chi connectivity index (χ3v) is 3.77. The Morgan fingerprint density at radius 2 is 2.09 bits per heavy atom. The van der Waals surface area contributed by atoms with Gasteiger partial charge in [-0.15, -0.1) is 0 Å². The number of benzene rings is 1. The van der Waals surface area contributed by atoms with Crippen molar-refractivity contribution in [3.63, 3.8) is 0 Å². The molecule has 1 aromatic heterocycles. The van der Waals surface area contributed by atoms with Gasteiger partial charge < -0.3 is 15.2 Å². The minimum absolute atomic E-state index is 0.766. The maximum absolute atomic E-state index is 4.27. The third-order valence-electron chi connectivity index (χ3n) is 3.77. The number of hydrogen-bond acceptors (Lipinski definition) is 2. The normalized spacial score (nSPS) is 11.5. The highest BCUT2D eigenvalue weighted by Gasteiger charge is 2.02. The minimum Gasteiger partial charge on any atom is -0.356 e. The lowest BCUT2D eigenvalue weighted by atomic mass is 10.1. The Hall–Kier alpha value is -2.30. The van der Waals surface area contributed by atoms with E-state index >= 15 is 0 Å². The molecular weight excluding hydrogens is 286 g/mol.